The van der Waals surface area contributed by atoms with Gasteiger partial charge in [-0.25, -0.2) is 0 Å². The second-order valence-electron chi connectivity index (χ2n) is 4.78. The number of nitrogens with zero attached hydrogens (tertiary/aromatic N) is 1. The molecule has 6 heteroatoms. The van der Waals surface area contributed by atoms with Crippen molar-refractivity contribution in [3.63, 3.8) is 0 Å². The fraction of sp³-hybridized carbons (Fsp3) is 0.200. The van der Waals surface area contributed by atoms with E-state index < -0.39 is 0 Å². The summed E-state index contributed by atoms with van der Waals surface area (Å²) in [5.74, 6) is 0. The van der Waals surface area contributed by atoms with Crippen molar-refractivity contribution in [1.82, 2.24) is 0 Å². The molecule has 0 saturated heterocycles. The predicted octanol–water partition coefficient (Wildman–Crippen LogP) is 5.13. The summed E-state index contributed by atoms with van der Waals surface area (Å²) in [6, 6.07) is 8.73. The predicted molar refractivity (Wildman–Crippen MR) is 86.4 cm³/mol. The van der Waals surface area contributed by atoms with E-state index in [9.17, 15) is 10.1 Å². The number of nitro benzene ring substituents is 1. The molecule has 4 nitrogen and oxygen atoms in total. The Morgan fingerprint density at radius 2 is 1.90 bits per heavy atom. The lowest BCUT2D eigenvalue weighted by Crippen LogP contribution is -2.03. The van der Waals surface area contributed by atoms with Crippen molar-refractivity contribution in [3.05, 3.63) is 67.2 Å². The van der Waals surface area contributed by atoms with Crippen LogP contribution in [-0.2, 0) is 6.54 Å². The number of halogens is 2. The van der Waals surface area contributed by atoms with Crippen LogP contribution >= 0.6 is 23.2 Å². The fourth-order valence-electron chi connectivity index (χ4n) is 2.10. The highest BCUT2D eigenvalue weighted by Crippen LogP contribution is 2.29. The molecule has 2 aromatic carbocycles. The summed E-state index contributed by atoms with van der Waals surface area (Å²) in [5.41, 5.74) is 3.23. The molecule has 110 valence electrons. The van der Waals surface area contributed by atoms with Crippen LogP contribution in [-0.4, -0.2) is 4.92 Å². The zero-order valence-electron chi connectivity index (χ0n) is 11.6. The second kappa shape index (κ2) is 6.33. The van der Waals surface area contributed by atoms with Crippen LogP contribution in [0.1, 0.15) is 16.7 Å². The van der Waals surface area contributed by atoms with Crippen LogP contribution < -0.4 is 5.32 Å². The van der Waals surface area contributed by atoms with Gasteiger partial charge in [0, 0.05) is 23.9 Å². The van der Waals surface area contributed by atoms with Gasteiger partial charge in [-0.1, -0.05) is 35.3 Å². The van der Waals surface area contributed by atoms with E-state index in [1.165, 1.54) is 0 Å². The summed E-state index contributed by atoms with van der Waals surface area (Å²) >= 11 is 12.1. The maximum absolute atomic E-state index is 11.0. The monoisotopic (exact) mass is 324 g/mol. The van der Waals surface area contributed by atoms with Crippen LogP contribution in [0.15, 0.2) is 30.3 Å². The Kier molecular flexibility index (Phi) is 4.70. The highest BCUT2D eigenvalue weighted by atomic mass is 35.5. The third-order valence-corrected chi connectivity index (χ3v) is 4.10. The van der Waals surface area contributed by atoms with Gasteiger partial charge in [-0.15, -0.1) is 0 Å². The molecule has 2 rings (SSSR count). The van der Waals surface area contributed by atoms with E-state index in [0.717, 1.165) is 11.1 Å². The minimum absolute atomic E-state index is 0.0975. The molecule has 0 aliphatic carbocycles. The van der Waals surface area contributed by atoms with Gasteiger partial charge in [0.1, 0.15) is 0 Å². The average Bonchev–Trinajstić information content (AvgIpc) is 2.41. The van der Waals surface area contributed by atoms with Gasteiger partial charge in [0.25, 0.3) is 5.69 Å². The number of nitrogens with one attached hydrogen (secondary N) is 1. The Balaban J connectivity index is 2.26. The number of aryl methyl sites for hydroxylation is 2. The van der Waals surface area contributed by atoms with Crippen LogP contribution in [0.5, 0.6) is 0 Å². The summed E-state index contributed by atoms with van der Waals surface area (Å²) in [4.78, 5) is 10.6. The fourth-order valence-corrected chi connectivity index (χ4v) is 2.49. The first kappa shape index (κ1) is 15.6. The largest absolute Gasteiger partial charge is 0.380 e. The SMILES string of the molecule is Cc1cc(C)c([N+](=O)[O-])cc1NCc1cccc(Cl)c1Cl. The topological polar surface area (TPSA) is 55.2 Å². The molecular formula is C15H14Cl2N2O2. The Hall–Kier alpha value is -1.78. The molecule has 0 spiro atoms. The minimum Gasteiger partial charge on any atom is -0.380 e. The third kappa shape index (κ3) is 3.46. The average molecular weight is 325 g/mol. The maximum Gasteiger partial charge on any atom is 0.274 e. The molecule has 0 aromatic heterocycles. The molecule has 0 atom stereocenters. The molecule has 0 aliphatic rings. The molecule has 21 heavy (non-hydrogen) atoms. The number of anilines is 1. The molecule has 0 heterocycles. The van der Waals surface area contributed by atoms with E-state index in [-0.39, 0.29) is 10.6 Å². The molecule has 0 unspecified atom stereocenters. The van der Waals surface area contributed by atoms with Crippen molar-refractivity contribution in [2.45, 2.75) is 20.4 Å². The lowest BCUT2D eigenvalue weighted by atomic mass is 10.1. The van der Waals surface area contributed by atoms with Crippen LogP contribution in [0.25, 0.3) is 0 Å². The van der Waals surface area contributed by atoms with E-state index in [4.69, 9.17) is 23.2 Å². The molecule has 0 saturated carbocycles. The first-order valence-corrected chi connectivity index (χ1v) is 7.08. The highest BCUT2D eigenvalue weighted by molar-refractivity contribution is 6.42. The van der Waals surface area contributed by atoms with Gasteiger partial charge in [-0.3, -0.25) is 10.1 Å². The zero-order valence-corrected chi connectivity index (χ0v) is 13.1. The molecule has 0 radical (unpaired) electrons. The smallest absolute Gasteiger partial charge is 0.274 e. The standard InChI is InChI=1S/C15H14Cl2N2O2/c1-9-6-10(2)14(19(20)21)7-13(9)18-8-11-4-3-5-12(16)15(11)17/h3-7,18H,8H2,1-2H3. The van der Waals surface area contributed by atoms with Gasteiger partial charge in [-0.05, 0) is 37.1 Å². The molecule has 2 aromatic rings. The Morgan fingerprint density at radius 1 is 1.19 bits per heavy atom. The minimum atomic E-state index is -0.383. The quantitative estimate of drug-likeness (QED) is 0.626. The van der Waals surface area contributed by atoms with Crippen LogP contribution in [0, 0.1) is 24.0 Å². The van der Waals surface area contributed by atoms with Crippen LogP contribution in [0.3, 0.4) is 0 Å². The van der Waals surface area contributed by atoms with Gasteiger partial charge in [0.2, 0.25) is 0 Å². The van der Waals surface area contributed by atoms with E-state index in [2.05, 4.69) is 5.32 Å². The van der Waals surface area contributed by atoms with E-state index in [1.54, 1.807) is 25.1 Å². The normalized spacial score (nSPS) is 10.5. The molecular weight excluding hydrogens is 311 g/mol. The molecule has 0 fully saturated rings. The first-order chi connectivity index (χ1) is 9.90. The van der Waals surface area contributed by atoms with Gasteiger partial charge in [0.05, 0.1) is 15.0 Å². The van der Waals surface area contributed by atoms with Crippen molar-refractivity contribution in [2.75, 3.05) is 5.32 Å². The number of benzene rings is 2. The van der Waals surface area contributed by atoms with Crippen molar-refractivity contribution >= 4 is 34.6 Å². The van der Waals surface area contributed by atoms with Gasteiger partial charge in [-0.2, -0.15) is 0 Å². The van der Waals surface area contributed by atoms with Crippen molar-refractivity contribution in [3.8, 4) is 0 Å². The number of hydrogen-bond donors (Lipinski definition) is 1. The Bertz CT molecular complexity index is 702. The summed E-state index contributed by atoms with van der Waals surface area (Å²) in [5, 5.41) is 15.1. The zero-order chi connectivity index (χ0) is 15.6. The second-order valence-corrected chi connectivity index (χ2v) is 5.56. The molecule has 0 aliphatic heterocycles. The van der Waals surface area contributed by atoms with Gasteiger partial charge < -0.3 is 5.32 Å². The molecule has 0 bridgehead atoms. The Morgan fingerprint density at radius 3 is 2.57 bits per heavy atom. The van der Waals surface area contributed by atoms with Crippen molar-refractivity contribution in [1.29, 1.82) is 0 Å². The Labute approximate surface area is 132 Å². The summed E-state index contributed by atoms with van der Waals surface area (Å²) < 4.78 is 0. The maximum atomic E-state index is 11.0. The van der Waals surface area contributed by atoms with Gasteiger partial charge in [0.15, 0.2) is 0 Å². The molecule has 0 amide bonds. The van der Waals surface area contributed by atoms with Crippen molar-refractivity contribution in [2.24, 2.45) is 0 Å². The van der Waals surface area contributed by atoms with E-state index in [1.807, 2.05) is 19.1 Å². The number of hydrogen-bond acceptors (Lipinski definition) is 3. The summed E-state index contributed by atoms with van der Waals surface area (Å²) in [7, 11) is 0. The highest BCUT2D eigenvalue weighted by Gasteiger charge is 2.14. The van der Waals surface area contributed by atoms with Gasteiger partial charge >= 0.3 is 0 Å². The summed E-state index contributed by atoms with van der Waals surface area (Å²) in [6.07, 6.45) is 0. The van der Waals surface area contributed by atoms with Crippen LogP contribution in [0.4, 0.5) is 11.4 Å². The molecule has 1 N–H and O–H groups in total. The lowest BCUT2D eigenvalue weighted by molar-refractivity contribution is -0.385. The first-order valence-electron chi connectivity index (χ1n) is 6.32. The van der Waals surface area contributed by atoms with E-state index >= 15 is 0 Å². The number of rotatable bonds is 4. The number of nitro groups is 1. The summed E-state index contributed by atoms with van der Waals surface area (Å²) in [6.45, 7) is 4.07. The lowest BCUT2D eigenvalue weighted by Gasteiger charge is -2.12. The van der Waals surface area contributed by atoms with E-state index in [0.29, 0.717) is 27.8 Å². The third-order valence-electron chi connectivity index (χ3n) is 3.24. The van der Waals surface area contributed by atoms with Crippen LogP contribution in [0.2, 0.25) is 10.0 Å². The van der Waals surface area contributed by atoms with Crippen molar-refractivity contribution < 1.29 is 4.92 Å².